The van der Waals surface area contributed by atoms with E-state index in [4.69, 9.17) is 15.7 Å². The Hall–Kier alpha value is -5.04. The second kappa shape index (κ2) is 11.6. The first kappa shape index (κ1) is 26.2. The number of nitrogens with zero attached hydrogens (tertiary/aromatic N) is 6. The van der Waals surface area contributed by atoms with Crippen molar-refractivity contribution in [3.63, 3.8) is 0 Å². The van der Waals surface area contributed by atoms with Gasteiger partial charge in [-0.05, 0) is 54.8 Å². The number of benzene rings is 2. The highest BCUT2D eigenvalue weighted by atomic mass is 16.2. The van der Waals surface area contributed by atoms with Crippen LogP contribution in [0.15, 0.2) is 85.1 Å². The van der Waals surface area contributed by atoms with Crippen molar-refractivity contribution in [3.05, 3.63) is 90.6 Å². The molecule has 0 bridgehead atoms. The second-order valence-electron chi connectivity index (χ2n) is 9.86. The van der Waals surface area contributed by atoms with Gasteiger partial charge < -0.3 is 5.73 Å². The number of carbonyl (C=O) groups excluding carboxylic acids is 1. The Morgan fingerprint density at radius 1 is 0.927 bits per heavy atom. The van der Waals surface area contributed by atoms with E-state index in [-0.39, 0.29) is 5.91 Å². The zero-order valence-corrected chi connectivity index (χ0v) is 22.8. The number of hydrogen-bond donors (Lipinski definition) is 2. The predicted molar refractivity (Wildman–Crippen MR) is 160 cm³/mol. The minimum Gasteiger partial charge on any atom is -0.383 e. The third-order valence-corrected chi connectivity index (χ3v) is 7.12. The summed E-state index contributed by atoms with van der Waals surface area (Å²) in [4.78, 5) is 28.4. The Morgan fingerprint density at radius 3 is 2.44 bits per heavy atom. The van der Waals surface area contributed by atoms with Gasteiger partial charge in [-0.3, -0.25) is 19.7 Å². The Bertz CT molecular complexity index is 1740. The van der Waals surface area contributed by atoms with Crippen molar-refractivity contribution in [3.8, 4) is 40.2 Å². The summed E-state index contributed by atoms with van der Waals surface area (Å²) in [6.07, 6.45) is 1.68. The van der Waals surface area contributed by atoms with Gasteiger partial charge in [-0.2, -0.15) is 0 Å². The topological polar surface area (TPSA) is 105 Å². The van der Waals surface area contributed by atoms with Gasteiger partial charge in [0.25, 0.3) is 0 Å². The summed E-state index contributed by atoms with van der Waals surface area (Å²) in [5.74, 6) is 6.01. The van der Waals surface area contributed by atoms with Crippen LogP contribution in [0, 0.1) is 11.8 Å². The molecule has 0 spiro atoms. The molecule has 41 heavy (non-hydrogen) atoms. The number of carbonyl (C=O) groups is 1. The van der Waals surface area contributed by atoms with E-state index in [9.17, 15) is 4.79 Å². The third-order valence-electron chi connectivity index (χ3n) is 7.12. The zero-order valence-electron chi connectivity index (χ0n) is 22.8. The molecule has 3 aromatic heterocycles. The molecule has 1 aliphatic heterocycles. The van der Waals surface area contributed by atoms with Crippen LogP contribution < -0.4 is 11.2 Å². The largest absolute Gasteiger partial charge is 0.383 e. The van der Waals surface area contributed by atoms with E-state index in [1.54, 1.807) is 13.1 Å². The molecule has 204 valence electrons. The summed E-state index contributed by atoms with van der Waals surface area (Å²) in [6.45, 7) is 5.68. The molecule has 5 aromatic rings. The number of aromatic nitrogens is 4. The van der Waals surface area contributed by atoms with E-state index in [0.717, 1.165) is 66.4 Å². The number of imidazole rings is 1. The van der Waals surface area contributed by atoms with Crippen LogP contribution in [0.2, 0.25) is 0 Å². The highest BCUT2D eigenvalue weighted by Crippen LogP contribution is 2.31. The van der Waals surface area contributed by atoms with Gasteiger partial charge in [-0.1, -0.05) is 48.4 Å². The van der Waals surface area contributed by atoms with Crippen LogP contribution in [0.25, 0.3) is 39.5 Å². The number of hydrazine groups is 1. The number of rotatable bonds is 6. The standard InChI is InChI=1S/C32H30N8O/c1-2-7-29(41)37-39-20-18-38(19-21-39)22-23-11-13-25(14-12-23)40-31(26-10-6-17-34-30(26)33)36-28-16-15-27(35-32(28)40)24-8-4-3-5-9-24/h3-6,8-17H,18-22H2,1H3,(H2,33,34)(H,37,41). The lowest BCUT2D eigenvalue weighted by atomic mass is 10.1. The molecule has 1 saturated heterocycles. The highest BCUT2D eigenvalue weighted by Gasteiger charge is 2.20. The monoisotopic (exact) mass is 542 g/mol. The van der Waals surface area contributed by atoms with E-state index in [2.05, 4.69) is 68.1 Å². The minimum absolute atomic E-state index is 0.263. The van der Waals surface area contributed by atoms with Gasteiger partial charge in [0.1, 0.15) is 11.3 Å². The number of piperazine rings is 1. The van der Waals surface area contributed by atoms with Gasteiger partial charge in [-0.15, -0.1) is 0 Å². The van der Waals surface area contributed by atoms with Crippen LogP contribution in [0.5, 0.6) is 0 Å². The normalized spacial score (nSPS) is 14.0. The number of fused-ring (bicyclic) bond motifs is 1. The summed E-state index contributed by atoms with van der Waals surface area (Å²) < 4.78 is 2.06. The van der Waals surface area contributed by atoms with Crippen molar-refractivity contribution in [1.82, 2.24) is 34.9 Å². The molecule has 9 heteroatoms. The zero-order chi connectivity index (χ0) is 28.2. The molecule has 9 nitrogen and oxygen atoms in total. The first-order chi connectivity index (χ1) is 20.1. The lowest BCUT2D eigenvalue weighted by molar-refractivity contribution is -0.121. The molecule has 1 fully saturated rings. The Morgan fingerprint density at radius 2 is 1.71 bits per heavy atom. The second-order valence-corrected chi connectivity index (χ2v) is 9.86. The maximum Gasteiger partial charge on any atom is 0.310 e. The summed E-state index contributed by atoms with van der Waals surface area (Å²) >= 11 is 0. The maximum atomic E-state index is 11.8. The predicted octanol–water partition coefficient (Wildman–Crippen LogP) is 3.90. The first-order valence-corrected chi connectivity index (χ1v) is 13.5. The Kier molecular flexibility index (Phi) is 7.41. The maximum absolute atomic E-state index is 11.8. The van der Waals surface area contributed by atoms with E-state index in [1.807, 2.05) is 47.5 Å². The molecule has 4 heterocycles. The lowest BCUT2D eigenvalue weighted by Gasteiger charge is -2.34. The lowest BCUT2D eigenvalue weighted by Crippen LogP contribution is -2.53. The summed E-state index contributed by atoms with van der Waals surface area (Å²) in [7, 11) is 0. The number of nitrogens with one attached hydrogen (secondary N) is 1. The molecule has 0 aliphatic carbocycles. The molecule has 3 N–H and O–H groups in total. The molecule has 0 atom stereocenters. The van der Waals surface area contributed by atoms with Crippen LogP contribution in [-0.2, 0) is 11.3 Å². The summed E-state index contributed by atoms with van der Waals surface area (Å²) in [5.41, 5.74) is 15.5. The van der Waals surface area contributed by atoms with Crippen molar-refractivity contribution in [2.45, 2.75) is 13.5 Å². The number of hydrogen-bond acceptors (Lipinski definition) is 7. The summed E-state index contributed by atoms with van der Waals surface area (Å²) in [5, 5.41) is 1.93. The van der Waals surface area contributed by atoms with Crippen molar-refractivity contribution in [1.29, 1.82) is 0 Å². The van der Waals surface area contributed by atoms with Gasteiger partial charge in [0.15, 0.2) is 11.5 Å². The average molecular weight is 543 g/mol. The third kappa shape index (κ3) is 5.65. The van der Waals surface area contributed by atoms with Crippen LogP contribution >= 0.6 is 0 Å². The highest BCUT2D eigenvalue weighted by molar-refractivity contribution is 5.93. The van der Waals surface area contributed by atoms with Gasteiger partial charge in [0.05, 0.1) is 11.3 Å². The van der Waals surface area contributed by atoms with E-state index >= 15 is 0 Å². The fourth-order valence-corrected chi connectivity index (χ4v) is 5.07. The first-order valence-electron chi connectivity index (χ1n) is 13.5. The van der Waals surface area contributed by atoms with Crippen LogP contribution in [-0.4, -0.2) is 61.5 Å². The Labute approximate surface area is 238 Å². The molecular formula is C32H30N8O. The van der Waals surface area contributed by atoms with Crippen LogP contribution in [0.4, 0.5) is 5.82 Å². The van der Waals surface area contributed by atoms with E-state index in [1.165, 1.54) is 5.56 Å². The van der Waals surface area contributed by atoms with Crippen molar-refractivity contribution >= 4 is 22.9 Å². The van der Waals surface area contributed by atoms with Crippen molar-refractivity contribution < 1.29 is 4.79 Å². The van der Waals surface area contributed by atoms with Crippen LogP contribution in [0.3, 0.4) is 0 Å². The van der Waals surface area contributed by atoms with Gasteiger partial charge >= 0.3 is 5.91 Å². The fraction of sp³-hybridized carbons (Fsp3) is 0.188. The quantitative estimate of drug-likeness (QED) is 0.314. The minimum atomic E-state index is -0.263. The summed E-state index contributed by atoms with van der Waals surface area (Å²) in [6, 6.07) is 26.4. The van der Waals surface area contributed by atoms with Gasteiger partial charge in [0, 0.05) is 50.2 Å². The molecule has 1 aliphatic rings. The average Bonchev–Trinajstić information content (AvgIpc) is 3.38. The smallest absolute Gasteiger partial charge is 0.310 e. The molecule has 6 rings (SSSR count). The molecule has 0 radical (unpaired) electrons. The molecular weight excluding hydrogens is 512 g/mol. The number of nitrogen functional groups attached to an aromatic ring is 1. The number of pyridine rings is 2. The Balaban J connectivity index is 1.29. The molecule has 0 unspecified atom stereocenters. The number of anilines is 1. The van der Waals surface area contributed by atoms with Crippen LogP contribution in [0.1, 0.15) is 12.5 Å². The molecule has 0 saturated carbocycles. The fourth-order valence-electron chi connectivity index (χ4n) is 5.07. The molecule has 1 amide bonds. The van der Waals surface area contributed by atoms with Crippen molar-refractivity contribution in [2.24, 2.45) is 0 Å². The number of amides is 1. The number of nitrogens with two attached hydrogens (primary N) is 1. The van der Waals surface area contributed by atoms with Gasteiger partial charge in [-0.25, -0.2) is 20.0 Å². The van der Waals surface area contributed by atoms with E-state index < -0.39 is 0 Å². The van der Waals surface area contributed by atoms with Crippen molar-refractivity contribution in [2.75, 3.05) is 31.9 Å². The SMILES string of the molecule is CC#CC(=O)NN1CCN(Cc2ccc(-n3c(-c4cccnc4N)nc4ccc(-c5ccccc5)nc43)cc2)CC1. The molecule has 2 aromatic carbocycles. The van der Waals surface area contributed by atoms with Gasteiger partial charge in [0.2, 0.25) is 0 Å². The van der Waals surface area contributed by atoms with E-state index in [0.29, 0.717) is 11.6 Å².